The van der Waals surface area contributed by atoms with E-state index in [-0.39, 0.29) is 29.2 Å². The lowest BCUT2D eigenvalue weighted by Crippen LogP contribution is -2.33. The van der Waals surface area contributed by atoms with Crippen LogP contribution in [-0.2, 0) is 0 Å². The summed E-state index contributed by atoms with van der Waals surface area (Å²) in [5, 5.41) is 16.8. The fourth-order valence-corrected chi connectivity index (χ4v) is 10.5. The molecule has 9 aromatic carbocycles. The lowest BCUT2D eigenvalue weighted by Gasteiger charge is -2.37. The van der Waals surface area contributed by atoms with Gasteiger partial charge in [-0.1, -0.05) is 172 Å². The normalized spacial score (nSPS) is 18.0. The van der Waals surface area contributed by atoms with Gasteiger partial charge in [0.15, 0.2) is 0 Å². The van der Waals surface area contributed by atoms with Gasteiger partial charge < -0.3 is 9.80 Å². The van der Waals surface area contributed by atoms with Crippen molar-refractivity contribution in [2.24, 2.45) is 11.3 Å². The van der Waals surface area contributed by atoms with Crippen LogP contribution in [0.25, 0.3) is 54.6 Å². The molecule has 0 bridgehead atoms. The average molecular weight is 788 g/mol. The molecule has 2 aliphatic rings. The molecule has 3 nitrogen and oxygen atoms in total. The zero-order valence-corrected chi connectivity index (χ0v) is 34.0. The molecule has 292 valence electrons. The van der Waals surface area contributed by atoms with Crippen molar-refractivity contribution in [3.63, 3.8) is 0 Å². The van der Waals surface area contributed by atoms with Gasteiger partial charge in [0.2, 0.25) is 0 Å². The molecule has 4 heteroatoms. The van der Waals surface area contributed by atoms with Gasteiger partial charge in [-0.05, 0) is 91.7 Å². The van der Waals surface area contributed by atoms with Gasteiger partial charge in [0.25, 0.3) is 0 Å². The third-order valence-electron chi connectivity index (χ3n) is 13.2. The Kier molecular flexibility index (Phi) is 8.61. The Hall–Kier alpha value is -7.48. The molecule has 0 radical (unpaired) electrons. The molecule has 0 amide bonds. The van der Waals surface area contributed by atoms with Crippen molar-refractivity contribution in [2.45, 2.75) is 25.9 Å². The smallest absolute Gasteiger partial charge is 0.148 e. The summed E-state index contributed by atoms with van der Waals surface area (Å²) >= 11 is 0. The summed E-state index contributed by atoms with van der Waals surface area (Å²) in [4.78, 5) is 4.73. The fourth-order valence-electron chi connectivity index (χ4n) is 10.5. The van der Waals surface area contributed by atoms with Crippen LogP contribution in [0.3, 0.4) is 0 Å². The first-order valence-electron chi connectivity index (χ1n) is 21.0. The van der Waals surface area contributed by atoms with E-state index in [9.17, 15) is 5.26 Å². The lowest BCUT2D eigenvalue weighted by atomic mass is 9.71. The number of nitriles is 1. The third kappa shape index (κ3) is 5.84. The molecule has 0 aromatic heterocycles. The molecule has 1 aliphatic heterocycles. The Morgan fingerprint density at radius 1 is 0.623 bits per heavy atom. The van der Waals surface area contributed by atoms with Crippen molar-refractivity contribution in [1.29, 1.82) is 5.26 Å². The van der Waals surface area contributed by atoms with E-state index in [0.717, 1.165) is 66.4 Å². The minimum absolute atomic E-state index is 0.0449. The van der Waals surface area contributed by atoms with E-state index in [1.807, 2.05) is 72.8 Å². The van der Waals surface area contributed by atoms with E-state index in [1.54, 1.807) is 6.07 Å². The summed E-state index contributed by atoms with van der Waals surface area (Å²) in [7, 11) is 0. The summed E-state index contributed by atoms with van der Waals surface area (Å²) in [6.07, 6.45) is 6.42. The molecule has 1 aliphatic carbocycles. The molecule has 9 aromatic rings. The second-order valence-corrected chi connectivity index (χ2v) is 17.0. The number of anilines is 4. The van der Waals surface area contributed by atoms with Gasteiger partial charge in [0, 0.05) is 39.2 Å². The molecule has 11 rings (SSSR count). The first-order valence-corrected chi connectivity index (χ1v) is 21.0. The minimum atomic E-state index is -0.302. The number of para-hydroxylation sites is 1. The monoisotopic (exact) mass is 787 g/mol. The van der Waals surface area contributed by atoms with Crippen LogP contribution in [0.2, 0.25) is 0 Å². The second-order valence-electron chi connectivity index (χ2n) is 17.0. The number of hydrogen-bond donors (Lipinski definition) is 0. The highest BCUT2D eigenvalue weighted by molar-refractivity contribution is 6.28. The van der Waals surface area contributed by atoms with E-state index in [2.05, 4.69) is 151 Å². The van der Waals surface area contributed by atoms with Gasteiger partial charge in [-0.25, -0.2) is 4.39 Å². The molecule has 1 fully saturated rings. The predicted molar refractivity (Wildman–Crippen MR) is 251 cm³/mol. The second kappa shape index (κ2) is 14.4. The number of hydrogen-bond acceptors (Lipinski definition) is 3. The highest BCUT2D eigenvalue weighted by atomic mass is 19.1. The molecular formula is C57H42FN3. The maximum atomic E-state index is 17.5. The van der Waals surface area contributed by atoms with Gasteiger partial charge in [-0.15, -0.1) is 0 Å². The molecule has 0 N–H and O–H groups in total. The van der Waals surface area contributed by atoms with E-state index in [0.29, 0.717) is 5.69 Å². The SMILES string of the molecule is CC1(C)C2C=C(C#N)C=CC2N(c2ccc3ccc4c(N(c5ccccc5)c5c(F)cc(-c6ccccc6)cc5-c5ccccc5)ccc5ccc2c3c54)C1c1ccccc1. The Labute approximate surface area is 355 Å². The Bertz CT molecular complexity index is 3200. The standard InChI is InChI=1S/C57H42FN3/c1-57(2)48-33-37(36-59)23-30-52(48)61(56(57)42-19-11-5-12-20-42)51-32-27-41-24-28-45-50(31-26-40-25-29-46(51)54(41)53(40)45)60(44-21-13-6-14-22-44)55-47(39-17-9-4-10-18-39)34-43(35-49(55)58)38-15-7-3-8-16-38/h3-35,48,52,56H,1-2H3. The van der Waals surface area contributed by atoms with Crippen molar-refractivity contribution in [1.82, 2.24) is 0 Å². The van der Waals surface area contributed by atoms with Crippen LogP contribution in [0.1, 0.15) is 25.5 Å². The highest BCUT2D eigenvalue weighted by Gasteiger charge is 2.54. The summed E-state index contributed by atoms with van der Waals surface area (Å²) < 4.78 is 17.5. The zero-order chi connectivity index (χ0) is 41.2. The van der Waals surface area contributed by atoms with Gasteiger partial charge in [-0.2, -0.15) is 5.26 Å². The number of halogens is 1. The van der Waals surface area contributed by atoms with Crippen LogP contribution < -0.4 is 9.80 Å². The maximum absolute atomic E-state index is 17.5. The Morgan fingerprint density at radius 2 is 1.21 bits per heavy atom. The van der Waals surface area contributed by atoms with Gasteiger partial charge in [-0.3, -0.25) is 0 Å². The quantitative estimate of drug-likeness (QED) is 0.151. The third-order valence-corrected chi connectivity index (χ3v) is 13.2. The Balaban J connectivity index is 1.16. The van der Waals surface area contributed by atoms with Crippen LogP contribution in [0.4, 0.5) is 27.1 Å². The lowest BCUT2D eigenvalue weighted by molar-refractivity contribution is 0.269. The van der Waals surface area contributed by atoms with Crippen molar-refractivity contribution < 1.29 is 4.39 Å². The number of rotatable bonds is 7. The molecule has 0 saturated carbocycles. The van der Waals surface area contributed by atoms with E-state index in [1.165, 1.54) is 16.3 Å². The van der Waals surface area contributed by atoms with Gasteiger partial charge in [0.05, 0.1) is 29.5 Å². The van der Waals surface area contributed by atoms with Crippen molar-refractivity contribution in [2.75, 3.05) is 9.80 Å². The topological polar surface area (TPSA) is 30.3 Å². The van der Waals surface area contributed by atoms with E-state index >= 15 is 4.39 Å². The molecular weight excluding hydrogens is 746 g/mol. The highest BCUT2D eigenvalue weighted by Crippen LogP contribution is 2.58. The molecule has 3 atom stereocenters. The van der Waals surface area contributed by atoms with Gasteiger partial charge in [0.1, 0.15) is 5.82 Å². The van der Waals surface area contributed by atoms with Crippen LogP contribution in [0.15, 0.2) is 206 Å². The number of fused-ring (bicyclic) bond motifs is 1. The van der Waals surface area contributed by atoms with Crippen LogP contribution in [0, 0.1) is 28.5 Å². The van der Waals surface area contributed by atoms with Crippen molar-refractivity contribution in [3.8, 4) is 28.3 Å². The molecule has 0 spiro atoms. The van der Waals surface area contributed by atoms with E-state index < -0.39 is 0 Å². The predicted octanol–water partition coefficient (Wildman–Crippen LogP) is 15.1. The summed E-state index contributed by atoms with van der Waals surface area (Å²) in [5.74, 6) is -0.173. The molecule has 1 saturated heterocycles. The van der Waals surface area contributed by atoms with Crippen LogP contribution in [0.5, 0.6) is 0 Å². The van der Waals surface area contributed by atoms with Crippen molar-refractivity contribution >= 4 is 55.1 Å². The fraction of sp³-hybridized carbons (Fsp3) is 0.105. The average Bonchev–Trinajstić information content (AvgIpc) is 3.55. The van der Waals surface area contributed by atoms with E-state index in [4.69, 9.17) is 0 Å². The summed E-state index contributed by atoms with van der Waals surface area (Å²) in [6, 6.07) is 65.4. The summed E-state index contributed by atoms with van der Waals surface area (Å²) in [6.45, 7) is 4.70. The number of benzene rings is 9. The largest absolute Gasteiger partial charge is 0.356 e. The molecule has 61 heavy (non-hydrogen) atoms. The first kappa shape index (κ1) is 36.6. The van der Waals surface area contributed by atoms with Crippen LogP contribution in [-0.4, -0.2) is 6.04 Å². The number of nitrogens with zero attached hydrogens (tertiary/aromatic N) is 3. The number of allylic oxidation sites excluding steroid dienone is 2. The van der Waals surface area contributed by atoms with Crippen LogP contribution >= 0.6 is 0 Å². The Morgan fingerprint density at radius 3 is 1.90 bits per heavy atom. The summed E-state index contributed by atoms with van der Waals surface area (Å²) in [5.41, 5.74) is 8.73. The minimum Gasteiger partial charge on any atom is -0.356 e. The molecule has 1 heterocycles. The molecule has 3 unspecified atom stereocenters. The maximum Gasteiger partial charge on any atom is 0.148 e. The first-order chi connectivity index (χ1) is 29.9. The van der Waals surface area contributed by atoms with Crippen molar-refractivity contribution in [3.05, 3.63) is 217 Å². The zero-order valence-electron chi connectivity index (χ0n) is 34.0. The van der Waals surface area contributed by atoms with Gasteiger partial charge >= 0.3 is 0 Å².